The third-order valence-electron chi connectivity index (χ3n) is 4.97. The minimum Gasteiger partial charge on any atom is -0.451 e. The highest BCUT2D eigenvalue weighted by atomic mass is 19.1. The van der Waals surface area contributed by atoms with E-state index < -0.39 is 5.97 Å². The van der Waals surface area contributed by atoms with Gasteiger partial charge < -0.3 is 9.64 Å². The van der Waals surface area contributed by atoms with Crippen molar-refractivity contribution >= 4 is 11.9 Å². The standard InChI is InChI=1S/C22H26FN3O3/c1-4-25(13-15(2)3)20(27)14-29-22(28)21-18-7-5-6-8-19(18)26(24-21)17-11-9-16(23)10-12-17/h9-12H,2,4-8,13-14H2,1,3H3. The molecule has 154 valence electrons. The molecule has 0 saturated heterocycles. The minimum atomic E-state index is -0.608. The van der Waals surface area contributed by atoms with Crippen LogP contribution in [-0.2, 0) is 22.4 Å². The van der Waals surface area contributed by atoms with Gasteiger partial charge in [-0.05, 0) is 63.8 Å². The van der Waals surface area contributed by atoms with Crippen molar-refractivity contribution in [1.82, 2.24) is 14.7 Å². The molecule has 0 unspecified atom stereocenters. The van der Waals surface area contributed by atoms with Gasteiger partial charge in [-0.2, -0.15) is 5.10 Å². The lowest BCUT2D eigenvalue weighted by atomic mass is 9.95. The Kier molecular flexibility index (Phi) is 6.46. The lowest BCUT2D eigenvalue weighted by Gasteiger charge is -2.20. The third kappa shape index (κ3) is 4.72. The van der Waals surface area contributed by atoms with Gasteiger partial charge in [0, 0.05) is 24.3 Å². The molecular weight excluding hydrogens is 373 g/mol. The number of rotatable bonds is 7. The van der Waals surface area contributed by atoms with E-state index in [2.05, 4.69) is 11.7 Å². The first-order valence-corrected chi connectivity index (χ1v) is 9.86. The Morgan fingerprint density at radius 2 is 1.93 bits per heavy atom. The van der Waals surface area contributed by atoms with Gasteiger partial charge in [0.1, 0.15) is 5.82 Å². The number of amides is 1. The minimum absolute atomic E-state index is 0.236. The average Bonchev–Trinajstić information content (AvgIpc) is 3.10. The zero-order chi connectivity index (χ0) is 21.0. The predicted molar refractivity (Wildman–Crippen MR) is 108 cm³/mol. The normalized spacial score (nSPS) is 12.9. The number of ether oxygens (including phenoxy) is 1. The number of carbonyl (C=O) groups excluding carboxylic acids is 2. The van der Waals surface area contributed by atoms with Crippen molar-refractivity contribution in [2.24, 2.45) is 0 Å². The van der Waals surface area contributed by atoms with E-state index in [0.717, 1.165) is 42.5 Å². The highest BCUT2D eigenvalue weighted by Gasteiger charge is 2.27. The number of esters is 1. The van der Waals surface area contributed by atoms with Crippen molar-refractivity contribution in [3.05, 3.63) is 59.2 Å². The number of benzene rings is 1. The molecular formula is C22H26FN3O3. The highest BCUT2D eigenvalue weighted by Crippen LogP contribution is 2.27. The molecule has 1 amide bonds. The number of hydrogen-bond acceptors (Lipinski definition) is 4. The van der Waals surface area contributed by atoms with Gasteiger partial charge in [-0.25, -0.2) is 13.9 Å². The number of nitrogens with zero attached hydrogens (tertiary/aromatic N) is 3. The Morgan fingerprint density at radius 1 is 1.24 bits per heavy atom. The van der Waals surface area contributed by atoms with Crippen LogP contribution in [0.1, 0.15) is 48.4 Å². The maximum absolute atomic E-state index is 13.3. The molecule has 0 N–H and O–H groups in total. The Bertz CT molecular complexity index is 918. The van der Waals surface area contributed by atoms with Crippen LogP contribution >= 0.6 is 0 Å². The Balaban J connectivity index is 1.79. The summed E-state index contributed by atoms with van der Waals surface area (Å²) in [6.07, 6.45) is 3.47. The number of fused-ring (bicyclic) bond motifs is 1. The van der Waals surface area contributed by atoms with E-state index in [-0.39, 0.29) is 24.0 Å². The second-order valence-electron chi connectivity index (χ2n) is 7.31. The smallest absolute Gasteiger partial charge is 0.359 e. The van der Waals surface area contributed by atoms with Crippen LogP contribution in [0.3, 0.4) is 0 Å². The van der Waals surface area contributed by atoms with Crippen molar-refractivity contribution in [2.45, 2.75) is 39.5 Å². The summed E-state index contributed by atoms with van der Waals surface area (Å²) in [4.78, 5) is 26.6. The fraction of sp³-hybridized carbons (Fsp3) is 0.409. The van der Waals surface area contributed by atoms with Crippen molar-refractivity contribution in [2.75, 3.05) is 19.7 Å². The van der Waals surface area contributed by atoms with Crippen molar-refractivity contribution in [3.8, 4) is 5.69 Å². The molecule has 1 heterocycles. The molecule has 7 heteroatoms. The van der Waals surface area contributed by atoms with Crippen molar-refractivity contribution in [3.63, 3.8) is 0 Å². The molecule has 1 aromatic carbocycles. The maximum Gasteiger partial charge on any atom is 0.359 e. The van der Waals surface area contributed by atoms with Crippen molar-refractivity contribution < 1.29 is 18.7 Å². The highest BCUT2D eigenvalue weighted by molar-refractivity contribution is 5.91. The molecule has 0 fully saturated rings. The summed E-state index contributed by atoms with van der Waals surface area (Å²) in [6.45, 7) is 8.13. The Labute approximate surface area is 170 Å². The summed E-state index contributed by atoms with van der Waals surface area (Å²) in [5, 5.41) is 4.46. The molecule has 1 aliphatic rings. The summed E-state index contributed by atoms with van der Waals surface area (Å²) in [7, 11) is 0. The fourth-order valence-electron chi connectivity index (χ4n) is 3.55. The number of halogens is 1. The van der Waals surface area contributed by atoms with Gasteiger partial charge in [-0.1, -0.05) is 12.2 Å². The van der Waals surface area contributed by atoms with Crippen LogP contribution in [-0.4, -0.2) is 46.3 Å². The molecule has 0 radical (unpaired) electrons. The van der Waals surface area contributed by atoms with Crippen LogP contribution < -0.4 is 0 Å². The van der Waals surface area contributed by atoms with Gasteiger partial charge >= 0.3 is 5.97 Å². The summed E-state index contributed by atoms with van der Waals surface area (Å²) in [5.41, 5.74) is 3.59. The van der Waals surface area contributed by atoms with Gasteiger partial charge in [0.15, 0.2) is 12.3 Å². The molecule has 6 nitrogen and oxygen atoms in total. The lowest BCUT2D eigenvalue weighted by Crippen LogP contribution is -2.35. The number of likely N-dealkylation sites (N-methyl/N-ethyl adjacent to an activating group) is 1. The summed E-state index contributed by atoms with van der Waals surface area (Å²) >= 11 is 0. The quantitative estimate of drug-likeness (QED) is 0.528. The number of carbonyl (C=O) groups is 2. The Hall–Kier alpha value is -2.96. The summed E-state index contributed by atoms with van der Waals surface area (Å²) in [5.74, 6) is -1.21. The summed E-state index contributed by atoms with van der Waals surface area (Å²) in [6, 6.07) is 5.99. The van der Waals surface area contributed by atoms with E-state index in [1.165, 1.54) is 12.1 Å². The van der Waals surface area contributed by atoms with E-state index >= 15 is 0 Å². The fourth-order valence-corrected chi connectivity index (χ4v) is 3.55. The van der Waals surface area contributed by atoms with Crippen LogP contribution in [0.15, 0.2) is 36.4 Å². The molecule has 1 aromatic heterocycles. The largest absolute Gasteiger partial charge is 0.451 e. The molecule has 2 aromatic rings. The first kappa shape index (κ1) is 20.8. The molecule has 0 atom stereocenters. The van der Waals surface area contributed by atoms with Crippen LogP contribution in [0.4, 0.5) is 4.39 Å². The SMILES string of the molecule is C=C(C)CN(CC)C(=O)COC(=O)c1nn(-c2ccc(F)cc2)c2c1CCCC2. The van der Waals surface area contributed by atoms with Gasteiger partial charge in [-0.15, -0.1) is 0 Å². The topological polar surface area (TPSA) is 64.4 Å². The van der Waals surface area contributed by atoms with Crippen LogP contribution in [0, 0.1) is 5.82 Å². The molecule has 1 aliphatic carbocycles. The van der Waals surface area contributed by atoms with Gasteiger partial charge in [0.25, 0.3) is 5.91 Å². The third-order valence-corrected chi connectivity index (χ3v) is 4.97. The lowest BCUT2D eigenvalue weighted by molar-refractivity contribution is -0.133. The maximum atomic E-state index is 13.3. The van der Waals surface area contributed by atoms with Crippen LogP contribution in [0.25, 0.3) is 5.69 Å². The first-order valence-electron chi connectivity index (χ1n) is 9.86. The second kappa shape index (κ2) is 9.03. The molecule has 3 rings (SSSR count). The van der Waals surface area contributed by atoms with E-state index in [4.69, 9.17) is 4.74 Å². The zero-order valence-corrected chi connectivity index (χ0v) is 16.9. The van der Waals surface area contributed by atoms with Crippen LogP contribution in [0.5, 0.6) is 0 Å². The second-order valence-corrected chi connectivity index (χ2v) is 7.31. The van der Waals surface area contributed by atoms with E-state index in [1.54, 1.807) is 21.7 Å². The van der Waals surface area contributed by atoms with Crippen LogP contribution in [0.2, 0.25) is 0 Å². The molecule has 0 bridgehead atoms. The van der Waals surface area contributed by atoms with Gasteiger partial charge in [0.2, 0.25) is 0 Å². The van der Waals surface area contributed by atoms with E-state index in [1.807, 2.05) is 13.8 Å². The van der Waals surface area contributed by atoms with Gasteiger partial charge in [-0.3, -0.25) is 4.79 Å². The summed E-state index contributed by atoms with van der Waals surface area (Å²) < 4.78 is 20.3. The number of aromatic nitrogens is 2. The monoisotopic (exact) mass is 399 g/mol. The number of hydrogen-bond donors (Lipinski definition) is 0. The van der Waals surface area contributed by atoms with Gasteiger partial charge in [0.05, 0.1) is 5.69 Å². The molecule has 0 spiro atoms. The Morgan fingerprint density at radius 3 is 2.59 bits per heavy atom. The molecule has 0 saturated carbocycles. The van der Waals surface area contributed by atoms with E-state index in [9.17, 15) is 14.0 Å². The zero-order valence-electron chi connectivity index (χ0n) is 16.9. The molecule has 29 heavy (non-hydrogen) atoms. The van der Waals surface area contributed by atoms with E-state index in [0.29, 0.717) is 18.8 Å². The predicted octanol–water partition coefficient (Wildman–Crippen LogP) is 3.47. The molecule has 0 aliphatic heterocycles. The average molecular weight is 399 g/mol. The first-order chi connectivity index (χ1) is 13.9. The van der Waals surface area contributed by atoms with Crippen molar-refractivity contribution in [1.29, 1.82) is 0 Å².